The Bertz CT molecular complexity index is 1050. The summed E-state index contributed by atoms with van der Waals surface area (Å²) < 4.78 is 6.37. The molecule has 1 aromatic heterocycles. The number of rotatable bonds is 6. The van der Waals surface area contributed by atoms with E-state index >= 15 is 0 Å². The maximum atomic E-state index is 12.6. The van der Waals surface area contributed by atoms with Crippen molar-refractivity contribution in [3.05, 3.63) is 71.4 Å². The zero-order chi connectivity index (χ0) is 20.7. The summed E-state index contributed by atoms with van der Waals surface area (Å²) in [6, 6.07) is 17.3. The van der Waals surface area contributed by atoms with E-state index in [1.807, 2.05) is 30.5 Å². The van der Waals surface area contributed by atoms with Crippen LogP contribution in [0.4, 0.5) is 0 Å². The molecule has 2 aliphatic rings. The van der Waals surface area contributed by atoms with E-state index in [1.165, 1.54) is 0 Å². The highest BCUT2D eigenvalue weighted by Gasteiger charge is 2.59. The Labute approximate surface area is 181 Å². The standard InChI is InChI=1S/C25H25ClN2O2/c1-2-21(28-25(29)15-7-9-16(26)10-8-15)24-19-13-17(14-20(19)24)30-23-11-12-27-22-6-4-3-5-18(22)23/h3-12,17,19-21,24H,2,13-14H2,1H3,(H,28,29)/t17-,19+,20-,21?,24-. The highest BCUT2D eigenvalue weighted by molar-refractivity contribution is 6.30. The minimum atomic E-state index is -0.0143. The predicted molar refractivity (Wildman–Crippen MR) is 119 cm³/mol. The quantitative estimate of drug-likeness (QED) is 0.572. The lowest BCUT2D eigenvalue weighted by Crippen LogP contribution is -2.37. The number of nitrogens with one attached hydrogen (secondary N) is 1. The maximum absolute atomic E-state index is 12.6. The van der Waals surface area contributed by atoms with E-state index < -0.39 is 0 Å². The minimum absolute atomic E-state index is 0.0143. The largest absolute Gasteiger partial charge is 0.490 e. The van der Waals surface area contributed by atoms with Gasteiger partial charge in [0.1, 0.15) is 5.75 Å². The Hall–Kier alpha value is -2.59. The summed E-state index contributed by atoms with van der Waals surface area (Å²) in [5, 5.41) is 4.96. The monoisotopic (exact) mass is 420 g/mol. The van der Waals surface area contributed by atoms with Gasteiger partial charge in [0, 0.05) is 28.2 Å². The van der Waals surface area contributed by atoms with E-state index in [0.29, 0.717) is 28.3 Å². The van der Waals surface area contributed by atoms with Gasteiger partial charge in [0.25, 0.3) is 5.91 Å². The molecule has 0 spiro atoms. The van der Waals surface area contributed by atoms with Crippen LogP contribution in [0.25, 0.3) is 10.9 Å². The van der Waals surface area contributed by atoms with Crippen molar-refractivity contribution in [3.63, 3.8) is 0 Å². The van der Waals surface area contributed by atoms with Gasteiger partial charge in [-0.05, 0) is 79.5 Å². The van der Waals surface area contributed by atoms with Crippen LogP contribution in [0.2, 0.25) is 5.02 Å². The van der Waals surface area contributed by atoms with Gasteiger partial charge < -0.3 is 10.1 Å². The van der Waals surface area contributed by atoms with Crippen molar-refractivity contribution in [1.82, 2.24) is 10.3 Å². The lowest BCUT2D eigenvalue weighted by atomic mass is 10.00. The Kier molecular flexibility index (Phi) is 5.11. The predicted octanol–water partition coefficient (Wildman–Crippen LogP) is 5.50. The average molecular weight is 421 g/mol. The zero-order valence-electron chi connectivity index (χ0n) is 16.9. The van der Waals surface area contributed by atoms with Crippen LogP contribution in [-0.2, 0) is 0 Å². The number of pyridine rings is 1. The Morgan fingerprint density at radius 2 is 1.87 bits per heavy atom. The first-order valence-corrected chi connectivity index (χ1v) is 11.1. The van der Waals surface area contributed by atoms with Gasteiger partial charge >= 0.3 is 0 Å². The van der Waals surface area contributed by atoms with Crippen LogP contribution in [0.3, 0.4) is 0 Å². The second kappa shape index (κ2) is 7.92. The molecule has 1 unspecified atom stereocenters. The van der Waals surface area contributed by atoms with Gasteiger partial charge in [0.05, 0.1) is 11.6 Å². The molecule has 30 heavy (non-hydrogen) atoms. The highest BCUT2D eigenvalue weighted by Crippen LogP contribution is 2.60. The fraction of sp³-hybridized carbons (Fsp3) is 0.360. The van der Waals surface area contributed by atoms with Crippen molar-refractivity contribution in [2.45, 2.75) is 38.3 Å². The molecule has 2 aromatic carbocycles. The van der Waals surface area contributed by atoms with Gasteiger partial charge in [-0.1, -0.05) is 30.7 Å². The van der Waals surface area contributed by atoms with Crippen molar-refractivity contribution in [3.8, 4) is 5.75 Å². The van der Waals surface area contributed by atoms with Gasteiger partial charge in [-0.15, -0.1) is 0 Å². The number of carbonyl (C=O) groups is 1. The molecule has 2 saturated carbocycles. The SMILES string of the molecule is CCC(NC(=O)c1ccc(Cl)cc1)[C@H]1[C@@H]2C[C@H](Oc3ccnc4ccccc34)C[C@@H]21. The molecular formula is C25H25ClN2O2. The molecule has 1 heterocycles. The number of ether oxygens (including phenoxy) is 1. The van der Waals surface area contributed by atoms with Crippen LogP contribution in [0, 0.1) is 17.8 Å². The number of hydrogen-bond acceptors (Lipinski definition) is 3. The molecule has 0 bridgehead atoms. The molecule has 3 aromatic rings. The van der Waals surface area contributed by atoms with Crippen LogP contribution in [0.15, 0.2) is 60.8 Å². The molecule has 2 aliphatic carbocycles. The summed E-state index contributed by atoms with van der Waals surface area (Å²) in [6.07, 6.45) is 5.11. The summed E-state index contributed by atoms with van der Waals surface area (Å²) in [6.45, 7) is 2.15. The van der Waals surface area contributed by atoms with Gasteiger partial charge in [-0.2, -0.15) is 0 Å². The van der Waals surface area contributed by atoms with E-state index in [9.17, 15) is 4.79 Å². The van der Waals surface area contributed by atoms with Crippen molar-refractivity contribution < 1.29 is 9.53 Å². The topological polar surface area (TPSA) is 51.2 Å². The van der Waals surface area contributed by atoms with E-state index in [0.717, 1.165) is 35.9 Å². The molecule has 0 aliphatic heterocycles. The summed E-state index contributed by atoms with van der Waals surface area (Å²) in [4.78, 5) is 17.0. The van der Waals surface area contributed by atoms with Gasteiger partial charge in [-0.3, -0.25) is 9.78 Å². The Morgan fingerprint density at radius 1 is 1.13 bits per heavy atom. The summed E-state index contributed by atoms with van der Waals surface area (Å²) in [5.41, 5.74) is 1.63. The van der Waals surface area contributed by atoms with E-state index in [1.54, 1.807) is 24.3 Å². The number of carbonyl (C=O) groups excluding carboxylic acids is 1. The molecule has 5 rings (SSSR count). The fourth-order valence-corrected chi connectivity index (χ4v) is 5.34. The summed E-state index contributed by atoms with van der Waals surface area (Å²) in [5.74, 6) is 2.74. The third kappa shape index (κ3) is 3.65. The van der Waals surface area contributed by atoms with Crippen molar-refractivity contribution >= 4 is 28.4 Å². The number of fused-ring (bicyclic) bond motifs is 2. The smallest absolute Gasteiger partial charge is 0.251 e. The normalized spacial score (nSPS) is 25.5. The Balaban J connectivity index is 1.20. The van der Waals surface area contributed by atoms with Gasteiger partial charge in [0.2, 0.25) is 0 Å². The van der Waals surface area contributed by atoms with Crippen LogP contribution < -0.4 is 10.1 Å². The highest BCUT2D eigenvalue weighted by atomic mass is 35.5. The number of aromatic nitrogens is 1. The molecule has 4 nitrogen and oxygen atoms in total. The second-order valence-corrected chi connectivity index (χ2v) is 8.87. The minimum Gasteiger partial charge on any atom is -0.490 e. The second-order valence-electron chi connectivity index (χ2n) is 8.44. The van der Waals surface area contributed by atoms with Crippen LogP contribution in [0.1, 0.15) is 36.5 Å². The lowest BCUT2D eigenvalue weighted by molar-refractivity contribution is 0.0924. The summed E-state index contributed by atoms with van der Waals surface area (Å²) >= 11 is 5.93. The fourth-order valence-electron chi connectivity index (χ4n) is 5.21. The first-order valence-electron chi connectivity index (χ1n) is 10.7. The molecule has 1 N–H and O–H groups in total. The molecule has 2 fully saturated rings. The Morgan fingerprint density at radius 3 is 2.60 bits per heavy atom. The number of hydrogen-bond donors (Lipinski definition) is 1. The molecule has 5 heteroatoms. The third-order valence-corrected chi connectivity index (χ3v) is 6.95. The maximum Gasteiger partial charge on any atom is 0.251 e. The first-order chi connectivity index (χ1) is 14.6. The number of halogens is 1. The molecule has 1 amide bonds. The van der Waals surface area contributed by atoms with Gasteiger partial charge in [-0.25, -0.2) is 0 Å². The number of para-hydroxylation sites is 1. The average Bonchev–Trinajstić information content (AvgIpc) is 3.26. The molecule has 0 saturated heterocycles. The lowest BCUT2D eigenvalue weighted by Gasteiger charge is -2.22. The zero-order valence-corrected chi connectivity index (χ0v) is 17.7. The number of amides is 1. The van der Waals surface area contributed by atoms with E-state index in [4.69, 9.17) is 16.3 Å². The molecule has 0 radical (unpaired) electrons. The van der Waals surface area contributed by atoms with Crippen LogP contribution in [0.5, 0.6) is 5.75 Å². The first kappa shape index (κ1) is 19.4. The van der Waals surface area contributed by atoms with Crippen molar-refractivity contribution in [1.29, 1.82) is 0 Å². The van der Waals surface area contributed by atoms with Crippen molar-refractivity contribution in [2.75, 3.05) is 0 Å². The molecule has 154 valence electrons. The third-order valence-electron chi connectivity index (χ3n) is 6.70. The van der Waals surface area contributed by atoms with Gasteiger partial charge in [0.15, 0.2) is 0 Å². The molecular weight excluding hydrogens is 396 g/mol. The summed E-state index contributed by atoms with van der Waals surface area (Å²) in [7, 11) is 0. The van der Waals surface area contributed by atoms with Crippen LogP contribution >= 0.6 is 11.6 Å². The van der Waals surface area contributed by atoms with Crippen molar-refractivity contribution in [2.24, 2.45) is 17.8 Å². The number of nitrogens with zero attached hydrogens (tertiary/aromatic N) is 1. The van der Waals surface area contributed by atoms with Crippen LogP contribution in [-0.4, -0.2) is 23.0 Å². The molecule has 5 atom stereocenters. The number of benzene rings is 2. The van der Waals surface area contributed by atoms with E-state index in [-0.39, 0.29) is 18.1 Å². The van der Waals surface area contributed by atoms with E-state index in [2.05, 4.69) is 23.3 Å².